The third-order valence-corrected chi connectivity index (χ3v) is 10.7. The van der Waals surface area contributed by atoms with Gasteiger partial charge in [-0.15, -0.1) is 11.3 Å². The van der Waals surface area contributed by atoms with Crippen LogP contribution in [0.1, 0.15) is 37.7 Å². The minimum absolute atomic E-state index is 0.0435. The van der Waals surface area contributed by atoms with Gasteiger partial charge in [0.05, 0.1) is 31.5 Å². The van der Waals surface area contributed by atoms with Crippen molar-refractivity contribution in [2.24, 2.45) is 0 Å². The highest BCUT2D eigenvalue weighted by atomic mass is 35.5. The number of halogens is 2. The Morgan fingerprint density at radius 2 is 1.95 bits per heavy atom. The van der Waals surface area contributed by atoms with Crippen molar-refractivity contribution in [3.8, 4) is 11.5 Å². The number of aromatic nitrogens is 1. The van der Waals surface area contributed by atoms with Crippen molar-refractivity contribution < 1.29 is 22.3 Å². The van der Waals surface area contributed by atoms with E-state index in [-0.39, 0.29) is 22.2 Å². The Morgan fingerprint density at radius 3 is 2.69 bits per heavy atom. The second-order valence-corrected chi connectivity index (χ2v) is 13.0. The van der Waals surface area contributed by atoms with Crippen LogP contribution in [0.3, 0.4) is 0 Å². The van der Waals surface area contributed by atoms with Crippen LogP contribution in [-0.4, -0.2) is 57.7 Å². The summed E-state index contributed by atoms with van der Waals surface area (Å²) in [6, 6.07) is 7.45. The Bertz CT molecular complexity index is 1420. The lowest BCUT2D eigenvalue weighted by molar-refractivity contribution is 0.102. The van der Waals surface area contributed by atoms with E-state index in [1.807, 2.05) is 0 Å². The topological polar surface area (TPSA) is 84.0 Å². The molecular formula is C27H32ClFN4O4S2. The molecule has 12 heteroatoms. The highest BCUT2D eigenvalue weighted by Gasteiger charge is 2.42. The largest absolute Gasteiger partial charge is 0.497 e. The number of rotatable bonds is 10. The van der Waals surface area contributed by atoms with Crippen molar-refractivity contribution >= 4 is 43.8 Å². The summed E-state index contributed by atoms with van der Waals surface area (Å²) in [5, 5.41) is 5.33. The maximum Gasteiger partial charge on any atom is 0.269 e. The second kappa shape index (κ2) is 11.5. The monoisotopic (exact) mass is 594 g/mol. The highest BCUT2D eigenvalue weighted by molar-refractivity contribution is 7.93. The fraction of sp³-hybridized carbons (Fsp3) is 0.444. The Balaban J connectivity index is 1.44. The van der Waals surface area contributed by atoms with Crippen molar-refractivity contribution in [3.63, 3.8) is 0 Å². The number of hydrogen-bond donors (Lipinski definition) is 1. The SMILES string of the molecule is COc1ccc(CN(c2nccs2)S(=O)(=O)c2cc(Cl)c(NC[C@@]34CCCCN3CCC4)cc2F)c(OC)c1. The predicted octanol–water partition coefficient (Wildman–Crippen LogP) is 5.78. The minimum Gasteiger partial charge on any atom is -0.497 e. The maximum absolute atomic E-state index is 15.6. The number of sulfonamides is 1. The molecule has 0 saturated carbocycles. The van der Waals surface area contributed by atoms with Crippen LogP contribution in [0.15, 0.2) is 46.8 Å². The van der Waals surface area contributed by atoms with Gasteiger partial charge in [-0.05, 0) is 63.0 Å². The van der Waals surface area contributed by atoms with E-state index in [1.54, 1.807) is 23.6 Å². The number of methoxy groups -OCH3 is 2. The maximum atomic E-state index is 15.6. The third-order valence-electron chi connectivity index (χ3n) is 7.70. The molecule has 0 unspecified atom stereocenters. The predicted molar refractivity (Wildman–Crippen MR) is 152 cm³/mol. The Labute approximate surface area is 237 Å². The molecule has 39 heavy (non-hydrogen) atoms. The molecule has 5 rings (SSSR count). The summed E-state index contributed by atoms with van der Waals surface area (Å²) in [5.74, 6) is 0.121. The molecule has 0 aliphatic carbocycles. The van der Waals surface area contributed by atoms with Crippen LogP contribution in [0.5, 0.6) is 11.5 Å². The first kappa shape index (κ1) is 27.9. The number of benzene rings is 2. The molecule has 1 atom stereocenters. The van der Waals surface area contributed by atoms with E-state index in [2.05, 4.69) is 15.2 Å². The van der Waals surface area contributed by atoms with Crippen LogP contribution < -0.4 is 19.1 Å². The third kappa shape index (κ3) is 5.54. The number of nitrogens with zero attached hydrogens (tertiary/aromatic N) is 3. The molecule has 3 heterocycles. The van der Waals surface area contributed by atoms with Gasteiger partial charge in [-0.1, -0.05) is 18.0 Å². The lowest BCUT2D eigenvalue weighted by Gasteiger charge is -2.42. The number of thiazole rings is 1. The minimum atomic E-state index is -4.38. The van der Waals surface area contributed by atoms with E-state index in [1.165, 1.54) is 45.4 Å². The fourth-order valence-corrected chi connectivity index (χ4v) is 8.28. The van der Waals surface area contributed by atoms with E-state index < -0.39 is 20.7 Å². The second-order valence-electron chi connectivity index (χ2n) is 9.89. The molecule has 2 aromatic carbocycles. The van der Waals surface area contributed by atoms with Crippen LogP contribution >= 0.6 is 22.9 Å². The molecule has 0 spiro atoms. The van der Waals surface area contributed by atoms with Gasteiger partial charge in [0.25, 0.3) is 10.0 Å². The van der Waals surface area contributed by atoms with E-state index in [9.17, 15) is 8.42 Å². The fourth-order valence-electron chi connectivity index (χ4n) is 5.64. The van der Waals surface area contributed by atoms with Crippen molar-refractivity contribution in [1.82, 2.24) is 9.88 Å². The van der Waals surface area contributed by atoms with Gasteiger partial charge < -0.3 is 14.8 Å². The van der Waals surface area contributed by atoms with Gasteiger partial charge in [-0.2, -0.15) is 0 Å². The lowest BCUT2D eigenvalue weighted by atomic mass is 9.86. The zero-order valence-electron chi connectivity index (χ0n) is 22.0. The zero-order valence-corrected chi connectivity index (χ0v) is 24.3. The molecule has 3 aromatic rings. The van der Waals surface area contributed by atoms with Gasteiger partial charge in [0.1, 0.15) is 22.2 Å². The molecule has 2 fully saturated rings. The van der Waals surface area contributed by atoms with Crippen LogP contribution in [0, 0.1) is 5.82 Å². The summed E-state index contributed by atoms with van der Waals surface area (Å²) >= 11 is 7.70. The Kier molecular flexibility index (Phi) is 8.23. The smallest absolute Gasteiger partial charge is 0.269 e. The van der Waals surface area contributed by atoms with Crippen molar-refractivity contribution in [1.29, 1.82) is 0 Å². The van der Waals surface area contributed by atoms with E-state index in [0.29, 0.717) is 29.3 Å². The van der Waals surface area contributed by atoms with Gasteiger partial charge in [-0.3, -0.25) is 4.90 Å². The zero-order chi connectivity index (χ0) is 27.6. The first-order valence-corrected chi connectivity index (χ1v) is 15.6. The molecule has 1 aromatic heterocycles. The average Bonchev–Trinajstić information content (AvgIpc) is 3.62. The van der Waals surface area contributed by atoms with Crippen molar-refractivity contribution in [2.75, 3.05) is 43.5 Å². The van der Waals surface area contributed by atoms with Gasteiger partial charge >= 0.3 is 0 Å². The van der Waals surface area contributed by atoms with Crippen molar-refractivity contribution in [3.05, 3.63) is 58.3 Å². The average molecular weight is 595 g/mol. The summed E-state index contributed by atoms with van der Waals surface area (Å²) in [6.07, 6.45) is 7.19. The Morgan fingerprint density at radius 1 is 1.15 bits per heavy atom. The van der Waals surface area contributed by atoms with Crippen LogP contribution in [-0.2, 0) is 16.6 Å². The normalized spacial score (nSPS) is 19.5. The molecule has 0 bridgehead atoms. The molecule has 2 aliphatic rings. The summed E-state index contributed by atoms with van der Waals surface area (Å²) in [4.78, 5) is 6.21. The van der Waals surface area contributed by atoms with Crippen molar-refractivity contribution in [2.45, 2.75) is 49.1 Å². The molecule has 2 aliphatic heterocycles. The number of nitrogens with one attached hydrogen (secondary N) is 1. The number of hydrogen-bond acceptors (Lipinski definition) is 8. The lowest BCUT2D eigenvalue weighted by Crippen LogP contribution is -2.51. The number of anilines is 2. The molecular weight excluding hydrogens is 563 g/mol. The van der Waals surface area contributed by atoms with Gasteiger partial charge in [-0.25, -0.2) is 22.1 Å². The molecule has 0 amide bonds. The van der Waals surface area contributed by atoms with Gasteiger partial charge in [0.2, 0.25) is 0 Å². The molecule has 210 valence electrons. The van der Waals surface area contributed by atoms with Gasteiger partial charge in [0.15, 0.2) is 5.13 Å². The number of fused-ring (bicyclic) bond motifs is 1. The standard InChI is InChI=1S/C27H32ClFN4O4S2/c1-36-20-7-6-19(24(14-20)37-2)17-33(26-30-10-13-38-26)39(34,35)25-15-21(28)23(16-22(25)29)31-18-27-8-3-4-11-32(27)12-5-9-27/h6-7,10,13-16,31H,3-5,8-9,11-12,17-18H2,1-2H3/t27-/m0/s1. The molecule has 2 saturated heterocycles. The number of ether oxygens (including phenoxy) is 2. The van der Waals surface area contributed by atoms with E-state index in [0.717, 1.165) is 48.0 Å². The summed E-state index contributed by atoms with van der Waals surface area (Å²) in [5.41, 5.74) is 0.995. The van der Waals surface area contributed by atoms with Crippen LogP contribution in [0.2, 0.25) is 5.02 Å². The Hall–Kier alpha value is -2.60. The molecule has 8 nitrogen and oxygen atoms in total. The highest BCUT2D eigenvalue weighted by Crippen LogP contribution is 2.39. The summed E-state index contributed by atoms with van der Waals surface area (Å²) in [6.45, 7) is 2.66. The molecule has 0 radical (unpaired) electrons. The number of piperidine rings is 1. The van der Waals surface area contributed by atoms with E-state index in [4.69, 9.17) is 21.1 Å². The molecule has 1 N–H and O–H groups in total. The van der Waals surface area contributed by atoms with Crippen LogP contribution in [0.25, 0.3) is 0 Å². The van der Waals surface area contributed by atoms with E-state index >= 15 is 4.39 Å². The first-order chi connectivity index (χ1) is 18.8. The first-order valence-electron chi connectivity index (χ1n) is 12.9. The van der Waals surface area contributed by atoms with Gasteiger partial charge in [0, 0.05) is 35.3 Å². The summed E-state index contributed by atoms with van der Waals surface area (Å²) in [7, 11) is -1.36. The summed E-state index contributed by atoms with van der Waals surface area (Å²) < 4.78 is 55.2. The van der Waals surface area contributed by atoms with Crippen LogP contribution in [0.4, 0.5) is 15.2 Å². The quantitative estimate of drug-likeness (QED) is 0.319.